The first-order valence-corrected chi connectivity index (χ1v) is 10.2. The Bertz CT molecular complexity index is 662. The van der Waals surface area contributed by atoms with Crippen molar-refractivity contribution in [3.05, 3.63) is 35.4 Å². The van der Waals surface area contributed by atoms with Gasteiger partial charge in [-0.2, -0.15) is 5.10 Å². The van der Waals surface area contributed by atoms with E-state index >= 15 is 0 Å². The molecule has 1 rings (SSSR count). The topological polar surface area (TPSA) is 44.3 Å². The summed E-state index contributed by atoms with van der Waals surface area (Å²) >= 11 is 0. The molecule has 0 fully saturated rings. The van der Waals surface area contributed by atoms with Crippen molar-refractivity contribution in [3.8, 4) is 0 Å². The highest BCUT2D eigenvalue weighted by molar-refractivity contribution is 5.69. The first-order chi connectivity index (χ1) is 12.9. The van der Waals surface area contributed by atoms with Gasteiger partial charge in [-0.05, 0) is 50.3 Å². The van der Waals surface area contributed by atoms with Crippen molar-refractivity contribution < 1.29 is 0 Å². The number of unbranched alkanes of at least 4 members (excludes halogenated alkanes) is 1. The SMILES string of the molecule is C=C(CC)c1nc(/C=C\C)c(/C=C(\C)C/C=N\N(C)CCCCC(C)C)[nH]1. The van der Waals surface area contributed by atoms with Crippen LogP contribution in [0.3, 0.4) is 0 Å². The van der Waals surface area contributed by atoms with Crippen molar-refractivity contribution in [1.82, 2.24) is 15.0 Å². The zero-order valence-electron chi connectivity index (χ0n) is 18.2. The molecule has 0 aliphatic carbocycles. The number of aromatic nitrogens is 2. The van der Waals surface area contributed by atoms with Gasteiger partial charge >= 0.3 is 0 Å². The first-order valence-electron chi connectivity index (χ1n) is 10.2. The van der Waals surface area contributed by atoms with Gasteiger partial charge in [-0.3, -0.25) is 0 Å². The van der Waals surface area contributed by atoms with Gasteiger partial charge in [0.05, 0.1) is 11.4 Å². The summed E-state index contributed by atoms with van der Waals surface area (Å²) in [6, 6.07) is 0. The molecule has 0 spiro atoms. The van der Waals surface area contributed by atoms with E-state index in [1.807, 2.05) is 37.3 Å². The standard InChI is InChI=1S/C23H38N4/c1-8-12-21-22(26-23(25-21)20(6)9-2)17-19(5)14-15-24-27(7)16-11-10-13-18(3)4/h8,12,15,17-18H,6,9-11,13-14,16H2,1-5,7H3,(H,25,26)/b12-8-,19-17+,24-15-. The van der Waals surface area contributed by atoms with E-state index in [0.717, 1.165) is 48.1 Å². The lowest BCUT2D eigenvalue weighted by molar-refractivity contribution is 0.339. The van der Waals surface area contributed by atoms with Crippen molar-refractivity contribution in [2.24, 2.45) is 11.0 Å². The maximum Gasteiger partial charge on any atom is 0.133 e. The third kappa shape index (κ3) is 8.89. The van der Waals surface area contributed by atoms with E-state index < -0.39 is 0 Å². The highest BCUT2D eigenvalue weighted by Gasteiger charge is 2.08. The second kappa shape index (κ2) is 12.3. The summed E-state index contributed by atoms with van der Waals surface area (Å²) in [7, 11) is 2.05. The lowest BCUT2D eigenvalue weighted by Crippen LogP contribution is -2.12. The first kappa shape index (κ1) is 22.9. The smallest absolute Gasteiger partial charge is 0.133 e. The summed E-state index contributed by atoms with van der Waals surface area (Å²) < 4.78 is 0. The molecule has 1 aromatic rings. The van der Waals surface area contributed by atoms with Crippen LogP contribution in [0.4, 0.5) is 0 Å². The Labute approximate surface area is 166 Å². The summed E-state index contributed by atoms with van der Waals surface area (Å²) in [5, 5.41) is 6.58. The largest absolute Gasteiger partial charge is 0.338 e. The molecule has 0 saturated heterocycles. The van der Waals surface area contributed by atoms with Gasteiger partial charge in [0.2, 0.25) is 0 Å². The molecular weight excluding hydrogens is 332 g/mol. The zero-order chi connectivity index (χ0) is 20.2. The Kier molecular flexibility index (Phi) is 10.5. The van der Waals surface area contributed by atoms with Crippen LogP contribution in [0.15, 0.2) is 23.3 Å². The summed E-state index contributed by atoms with van der Waals surface area (Å²) in [5.41, 5.74) is 4.26. The number of aromatic amines is 1. The lowest BCUT2D eigenvalue weighted by atomic mass is 10.1. The fourth-order valence-electron chi connectivity index (χ4n) is 2.71. The molecule has 0 aliphatic rings. The fourth-order valence-corrected chi connectivity index (χ4v) is 2.71. The number of rotatable bonds is 12. The Morgan fingerprint density at radius 3 is 2.70 bits per heavy atom. The average molecular weight is 371 g/mol. The molecule has 27 heavy (non-hydrogen) atoms. The molecule has 0 atom stereocenters. The maximum atomic E-state index is 4.66. The van der Waals surface area contributed by atoms with Gasteiger partial charge in [0, 0.05) is 26.2 Å². The van der Waals surface area contributed by atoms with Crippen LogP contribution in [0.5, 0.6) is 0 Å². The van der Waals surface area contributed by atoms with E-state index in [-0.39, 0.29) is 0 Å². The Balaban J connectivity index is 2.63. The molecule has 0 radical (unpaired) electrons. The second-order valence-electron chi connectivity index (χ2n) is 7.61. The number of hydrazone groups is 1. The molecule has 150 valence electrons. The summed E-state index contributed by atoms with van der Waals surface area (Å²) in [4.78, 5) is 8.06. The minimum atomic E-state index is 0.788. The molecule has 1 aromatic heterocycles. The monoisotopic (exact) mass is 370 g/mol. The van der Waals surface area contributed by atoms with Crippen LogP contribution >= 0.6 is 0 Å². The van der Waals surface area contributed by atoms with Crippen LogP contribution in [0.1, 0.15) is 83.9 Å². The summed E-state index contributed by atoms with van der Waals surface area (Å²) in [5.74, 6) is 1.66. The minimum Gasteiger partial charge on any atom is -0.338 e. The molecular formula is C23H38N4. The molecule has 0 bridgehead atoms. The van der Waals surface area contributed by atoms with E-state index in [0.29, 0.717) is 0 Å². The summed E-state index contributed by atoms with van der Waals surface area (Å²) in [6.45, 7) is 15.9. The molecule has 0 amide bonds. The maximum absolute atomic E-state index is 4.66. The van der Waals surface area contributed by atoms with Crippen LogP contribution in [-0.4, -0.2) is 34.8 Å². The molecule has 1 N–H and O–H groups in total. The highest BCUT2D eigenvalue weighted by atomic mass is 15.4. The second-order valence-corrected chi connectivity index (χ2v) is 7.61. The van der Waals surface area contributed by atoms with E-state index in [9.17, 15) is 0 Å². The number of hydrogen-bond acceptors (Lipinski definition) is 3. The van der Waals surface area contributed by atoms with Gasteiger partial charge in [0.1, 0.15) is 5.82 Å². The van der Waals surface area contributed by atoms with E-state index in [1.54, 1.807) is 0 Å². The third-order valence-corrected chi connectivity index (χ3v) is 4.44. The van der Waals surface area contributed by atoms with E-state index in [2.05, 4.69) is 55.4 Å². The van der Waals surface area contributed by atoms with Crippen LogP contribution < -0.4 is 0 Å². The number of hydrogen-bond donors (Lipinski definition) is 1. The van der Waals surface area contributed by atoms with E-state index in [1.165, 1.54) is 24.8 Å². The van der Waals surface area contributed by atoms with Crippen molar-refractivity contribution >= 4 is 23.9 Å². The van der Waals surface area contributed by atoms with Crippen molar-refractivity contribution in [3.63, 3.8) is 0 Å². The van der Waals surface area contributed by atoms with Crippen LogP contribution in [0, 0.1) is 5.92 Å². The molecule has 1 heterocycles. The van der Waals surface area contributed by atoms with Gasteiger partial charge in [-0.25, -0.2) is 4.98 Å². The quantitative estimate of drug-likeness (QED) is 0.263. The fraction of sp³-hybridized carbons (Fsp3) is 0.565. The minimum absolute atomic E-state index is 0.788. The number of nitrogens with one attached hydrogen (secondary N) is 1. The van der Waals surface area contributed by atoms with Crippen LogP contribution in [0.25, 0.3) is 17.7 Å². The van der Waals surface area contributed by atoms with Gasteiger partial charge in [-0.1, -0.05) is 51.8 Å². The number of H-pyrrole nitrogens is 1. The predicted molar refractivity (Wildman–Crippen MR) is 121 cm³/mol. The zero-order valence-corrected chi connectivity index (χ0v) is 18.2. The average Bonchev–Trinajstić information content (AvgIpc) is 3.00. The van der Waals surface area contributed by atoms with Crippen molar-refractivity contribution in [1.29, 1.82) is 0 Å². The number of imidazole rings is 1. The van der Waals surface area contributed by atoms with Crippen molar-refractivity contribution in [2.45, 2.75) is 66.7 Å². The van der Waals surface area contributed by atoms with E-state index in [4.69, 9.17) is 0 Å². The predicted octanol–water partition coefficient (Wildman–Crippen LogP) is 6.40. The molecule has 0 aliphatic heterocycles. The highest BCUT2D eigenvalue weighted by Crippen LogP contribution is 2.19. The molecule has 4 heteroatoms. The number of allylic oxidation sites excluding steroid dienone is 3. The lowest BCUT2D eigenvalue weighted by Gasteiger charge is -2.13. The van der Waals surface area contributed by atoms with Crippen molar-refractivity contribution in [2.75, 3.05) is 13.6 Å². The van der Waals surface area contributed by atoms with Gasteiger partial charge in [0.25, 0.3) is 0 Å². The Hall–Kier alpha value is -2.10. The molecule has 4 nitrogen and oxygen atoms in total. The third-order valence-electron chi connectivity index (χ3n) is 4.44. The Morgan fingerprint density at radius 2 is 2.07 bits per heavy atom. The van der Waals surface area contributed by atoms with Crippen LogP contribution in [0.2, 0.25) is 0 Å². The van der Waals surface area contributed by atoms with Gasteiger partial charge in [0.15, 0.2) is 0 Å². The van der Waals surface area contributed by atoms with Gasteiger partial charge < -0.3 is 9.99 Å². The number of nitrogens with zero attached hydrogens (tertiary/aromatic N) is 3. The molecule has 0 aromatic carbocycles. The molecule has 0 unspecified atom stereocenters. The summed E-state index contributed by atoms with van der Waals surface area (Å²) in [6.07, 6.45) is 13.7. The normalized spacial score (nSPS) is 12.6. The molecule has 0 saturated carbocycles. The van der Waals surface area contributed by atoms with Gasteiger partial charge in [-0.15, -0.1) is 0 Å². The van der Waals surface area contributed by atoms with Crippen LogP contribution in [-0.2, 0) is 0 Å². The Morgan fingerprint density at radius 1 is 1.33 bits per heavy atom.